The lowest BCUT2D eigenvalue weighted by Gasteiger charge is -2.03. The molecule has 0 atom stereocenters. The zero-order valence-corrected chi connectivity index (χ0v) is 10.9. The van der Waals surface area contributed by atoms with Crippen LogP contribution in [0.2, 0.25) is 0 Å². The lowest BCUT2D eigenvalue weighted by Crippen LogP contribution is -2.10. The fraction of sp³-hybridized carbons (Fsp3) is 0.0769. The number of amides is 1. The number of carbonyl (C=O) groups is 2. The van der Waals surface area contributed by atoms with Crippen LogP contribution in [0, 0.1) is 0 Å². The summed E-state index contributed by atoms with van der Waals surface area (Å²) in [6, 6.07) is 9.87. The molecule has 5 nitrogen and oxygen atoms in total. The standard InChI is InChI=1S/C13H11NO4S/c1-19-9-4-2-8(3-5-9)14-12(15)10-6-7-11(18-10)13(16)17/h2-7H,1H3,(H,14,15)(H,16,17). The van der Waals surface area contributed by atoms with Crippen LogP contribution in [0.5, 0.6) is 0 Å². The average Bonchev–Trinajstić information content (AvgIpc) is 2.89. The minimum absolute atomic E-state index is 0.0358. The van der Waals surface area contributed by atoms with Gasteiger partial charge in [-0.15, -0.1) is 11.8 Å². The summed E-state index contributed by atoms with van der Waals surface area (Å²) in [6.45, 7) is 0. The smallest absolute Gasteiger partial charge is 0.371 e. The van der Waals surface area contributed by atoms with Crippen molar-refractivity contribution in [1.29, 1.82) is 0 Å². The van der Waals surface area contributed by atoms with Crippen LogP contribution in [0.3, 0.4) is 0 Å². The van der Waals surface area contributed by atoms with Gasteiger partial charge in [-0.1, -0.05) is 0 Å². The van der Waals surface area contributed by atoms with Gasteiger partial charge < -0.3 is 14.8 Å². The molecule has 0 fully saturated rings. The van der Waals surface area contributed by atoms with Gasteiger partial charge >= 0.3 is 5.97 Å². The monoisotopic (exact) mass is 277 g/mol. The molecule has 19 heavy (non-hydrogen) atoms. The summed E-state index contributed by atoms with van der Waals surface area (Å²) < 4.78 is 4.91. The number of benzene rings is 1. The van der Waals surface area contributed by atoms with Gasteiger partial charge in [0.05, 0.1) is 0 Å². The Hall–Kier alpha value is -2.21. The molecule has 0 unspecified atom stereocenters. The Bertz CT molecular complexity index is 603. The Kier molecular flexibility index (Phi) is 3.91. The zero-order valence-electron chi connectivity index (χ0n) is 10.0. The maximum absolute atomic E-state index is 11.8. The summed E-state index contributed by atoms with van der Waals surface area (Å²) in [7, 11) is 0. The first kappa shape index (κ1) is 13.2. The summed E-state index contributed by atoms with van der Waals surface area (Å²) in [4.78, 5) is 23.5. The van der Waals surface area contributed by atoms with Crippen molar-refractivity contribution in [2.24, 2.45) is 0 Å². The molecule has 1 heterocycles. The Labute approximate surface area is 113 Å². The van der Waals surface area contributed by atoms with Crippen LogP contribution in [-0.4, -0.2) is 23.2 Å². The molecular formula is C13H11NO4S. The van der Waals surface area contributed by atoms with Crippen molar-refractivity contribution in [3.05, 3.63) is 47.9 Å². The van der Waals surface area contributed by atoms with Gasteiger partial charge in [0, 0.05) is 10.6 Å². The highest BCUT2D eigenvalue weighted by molar-refractivity contribution is 7.98. The molecule has 0 bridgehead atoms. The van der Waals surface area contributed by atoms with Crippen LogP contribution < -0.4 is 5.32 Å². The number of hydrogen-bond acceptors (Lipinski definition) is 4. The van der Waals surface area contributed by atoms with Crippen LogP contribution in [0.1, 0.15) is 21.1 Å². The molecule has 0 saturated heterocycles. The topological polar surface area (TPSA) is 79.5 Å². The van der Waals surface area contributed by atoms with Crippen molar-refractivity contribution < 1.29 is 19.1 Å². The third-order valence-corrected chi connectivity index (χ3v) is 3.13. The summed E-state index contributed by atoms with van der Waals surface area (Å²) in [5, 5.41) is 11.3. The zero-order chi connectivity index (χ0) is 13.8. The third kappa shape index (κ3) is 3.17. The molecule has 0 spiro atoms. The number of furan rings is 1. The third-order valence-electron chi connectivity index (χ3n) is 2.39. The first-order valence-electron chi connectivity index (χ1n) is 5.38. The molecule has 98 valence electrons. The summed E-state index contributed by atoms with van der Waals surface area (Å²) in [5.74, 6) is -1.98. The van der Waals surface area contributed by atoms with Gasteiger partial charge in [0.15, 0.2) is 5.76 Å². The van der Waals surface area contributed by atoms with E-state index in [1.54, 1.807) is 23.9 Å². The van der Waals surface area contributed by atoms with E-state index in [0.29, 0.717) is 5.69 Å². The first-order chi connectivity index (χ1) is 9.10. The van der Waals surface area contributed by atoms with E-state index in [4.69, 9.17) is 9.52 Å². The highest BCUT2D eigenvalue weighted by Crippen LogP contribution is 2.18. The van der Waals surface area contributed by atoms with E-state index in [0.717, 1.165) is 4.90 Å². The normalized spacial score (nSPS) is 10.2. The molecule has 2 N–H and O–H groups in total. The molecule has 0 saturated carbocycles. The van der Waals surface area contributed by atoms with Crippen molar-refractivity contribution in [2.75, 3.05) is 11.6 Å². The number of anilines is 1. The van der Waals surface area contributed by atoms with E-state index in [2.05, 4.69) is 5.32 Å². The molecule has 6 heteroatoms. The van der Waals surface area contributed by atoms with Gasteiger partial charge in [-0.05, 0) is 42.7 Å². The largest absolute Gasteiger partial charge is 0.475 e. The van der Waals surface area contributed by atoms with Crippen LogP contribution in [0.4, 0.5) is 5.69 Å². The fourth-order valence-electron chi connectivity index (χ4n) is 1.44. The van der Waals surface area contributed by atoms with E-state index in [1.807, 2.05) is 18.4 Å². The Balaban J connectivity index is 2.08. The number of nitrogens with one attached hydrogen (secondary N) is 1. The molecular weight excluding hydrogens is 266 g/mol. The van der Waals surface area contributed by atoms with Crippen molar-refractivity contribution in [1.82, 2.24) is 0 Å². The van der Waals surface area contributed by atoms with Crippen molar-refractivity contribution >= 4 is 29.3 Å². The van der Waals surface area contributed by atoms with E-state index < -0.39 is 11.9 Å². The van der Waals surface area contributed by atoms with Crippen LogP contribution in [-0.2, 0) is 0 Å². The summed E-state index contributed by atoms with van der Waals surface area (Å²) in [6.07, 6.45) is 1.96. The summed E-state index contributed by atoms with van der Waals surface area (Å²) >= 11 is 1.60. The lowest BCUT2D eigenvalue weighted by molar-refractivity contribution is 0.0660. The Morgan fingerprint density at radius 1 is 1.11 bits per heavy atom. The van der Waals surface area contributed by atoms with Crippen molar-refractivity contribution in [2.45, 2.75) is 4.90 Å². The van der Waals surface area contributed by atoms with Crippen molar-refractivity contribution in [3.8, 4) is 0 Å². The van der Waals surface area contributed by atoms with Gasteiger partial charge in [-0.3, -0.25) is 4.79 Å². The second-order valence-electron chi connectivity index (χ2n) is 3.65. The Morgan fingerprint density at radius 2 is 1.74 bits per heavy atom. The maximum Gasteiger partial charge on any atom is 0.371 e. The van der Waals surface area contributed by atoms with Gasteiger partial charge in [0.25, 0.3) is 5.91 Å². The quantitative estimate of drug-likeness (QED) is 0.840. The van der Waals surface area contributed by atoms with E-state index in [1.165, 1.54) is 12.1 Å². The van der Waals surface area contributed by atoms with Gasteiger partial charge in [0.2, 0.25) is 5.76 Å². The predicted octanol–water partition coefficient (Wildman–Crippen LogP) is 2.95. The van der Waals surface area contributed by atoms with Gasteiger partial charge in [0.1, 0.15) is 0 Å². The van der Waals surface area contributed by atoms with Gasteiger partial charge in [-0.25, -0.2) is 4.79 Å². The number of carboxylic acid groups (broad SMARTS) is 1. The lowest BCUT2D eigenvalue weighted by atomic mass is 10.3. The highest BCUT2D eigenvalue weighted by Gasteiger charge is 2.14. The van der Waals surface area contributed by atoms with Crippen LogP contribution >= 0.6 is 11.8 Å². The minimum Gasteiger partial charge on any atom is -0.475 e. The molecule has 0 aliphatic rings. The SMILES string of the molecule is CSc1ccc(NC(=O)c2ccc(C(=O)O)o2)cc1. The van der Waals surface area contributed by atoms with Crippen LogP contribution in [0.25, 0.3) is 0 Å². The number of aromatic carboxylic acids is 1. The summed E-state index contributed by atoms with van der Waals surface area (Å²) in [5.41, 5.74) is 0.621. The van der Waals surface area contributed by atoms with E-state index >= 15 is 0 Å². The molecule has 1 aromatic carbocycles. The van der Waals surface area contributed by atoms with E-state index in [9.17, 15) is 9.59 Å². The minimum atomic E-state index is -1.21. The van der Waals surface area contributed by atoms with E-state index in [-0.39, 0.29) is 11.5 Å². The molecule has 1 aromatic heterocycles. The average molecular weight is 277 g/mol. The Morgan fingerprint density at radius 3 is 2.26 bits per heavy atom. The molecule has 2 aromatic rings. The molecule has 1 amide bonds. The number of rotatable bonds is 4. The van der Waals surface area contributed by atoms with Crippen molar-refractivity contribution in [3.63, 3.8) is 0 Å². The second-order valence-corrected chi connectivity index (χ2v) is 4.53. The molecule has 0 aliphatic heterocycles. The molecule has 0 aliphatic carbocycles. The van der Waals surface area contributed by atoms with Crippen LogP contribution in [0.15, 0.2) is 45.7 Å². The highest BCUT2D eigenvalue weighted by atomic mass is 32.2. The molecule has 0 radical (unpaired) electrons. The predicted molar refractivity (Wildman–Crippen MR) is 71.8 cm³/mol. The second kappa shape index (κ2) is 5.62. The maximum atomic E-state index is 11.8. The fourth-order valence-corrected chi connectivity index (χ4v) is 1.85. The number of carboxylic acids is 1. The number of hydrogen-bond donors (Lipinski definition) is 2. The first-order valence-corrected chi connectivity index (χ1v) is 6.61. The molecule has 2 rings (SSSR count). The number of thioether (sulfide) groups is 1. The van der Waals surface area contributed by atoms with Gasteiger partial charge in [-0.2, -0.15) is 0 Å². The number of carbonyl (C=O) groups excluding carboxylic acids is 1.